The second-order valence-corrected chi connectivity index (χ2v) is 6.42. The summed E-state index contributed by atoms with van der Waals surface area (Å²) in [5.74, 6) is 4.09. The third-order valence-electron chi connectivity index (χ3n) is 5.32. The van der Waals surface area contributed by atoms with Crippen LogP contribution in [0.2, 0.25) is 0 Å². The van der Waals surface area contributed by atoms with Crippen LogP contribution in [-0.2, 0) is 0 Å². The van der Waals surface area contributed by atoms with Crippen molar-refractivity contribution in [3.63, 3.8) is 0 Å². The summed E-state index contributed by atoms with van der Waals surface area (Å²) in [4.78, 5) is 0. The first-order valence-electron chi connectivity index (χ1n) is 8.01. The lowest BCUT2D eigenvalue weighted by Crippen LogP contribution is -2.27. The fraction of sp³-hybridized carbons (Fsp3) is 0.722. The van der Waals surface area contributed by atoms with Crippen LogP contribution in [0.25, 0.3) is 0 Å². The van der Waals surface area contributed by atoms with Crippen molar-refractivity contribution < 1.29 is 0 Å². The van der Waals surface area contributed by atoms with Crippen molar-refractivity contribution >= 4 is 0 Å². The van der Waals surface area contributed by atoms with Gasteiger partial charge in [-0.15, -0.1) is 0 Å². The molecule has 5 unspecified atom stereocenters. The van der Waals surface area contributed by atoms with Gasteiger partial charge in [0.15, 0.2) is 0 Å². The monoisotopic (exact) mass is 242 g/mol. The minimum Gasteiger partial charge on any atom is -0.0805 e. The maximum atomic E-state index is 3.93. The molecule has 5 atom stereocenters. The normalized spacial score (nSPS) is 41.7. The standard InChI is InChI=1S/C18H26/c1-2-3-4-8-14-10-7-12-17-16-11-6-5-9-15(16)13-18(14)17/h5-6,9,11,14-18H,2-4,7-8,10,12H2,1H3. The summed E-state index contributed by atoms with van der Waals surface area (Å²) < 4.78 is 0. The van der Waals surface area contributed by atoms with Crippen molar-refractivity contribution in [2.24, 2.45) is 29.6 Å². The molecule has 0 bridgehead atoms. The van der Waals surface area contributed by atoms with E-state index in [9.17, 15) is 0 Å². The molecule has 0 heteroatoms. The molecular weight excluding hydrogens is 216 g/mol. The van der Waals surface area contributed by atoms with Gasteiger partial charge in [0.05, 0.1) is 0 Å². The molecule has 0 aromatic heterocycles. The lowest BCUT2D eigenvalue weighted by molar-refractivity contribution is 0.171. The maximum absolute atomic E-state index is 3.93. The van der Waals surface area contributed by atoms with E-state index in [1.165, 1.54) is 44.9 Å². The Morgan fingerprint density at radius 3 is 2.89 bits per heavy atom. The maximum Gasteiger partial charge on any atom is -0.00530 e. The first-order chi connectivity index (χ1) is 8.90. The smallest absolute Gasteiger partial charge is 0.00530 e. The van der Waals surface area contributed by atoms with E-state index in [2.05, 4.69) is 37.6 Å². The van der Waals surface area contributed by atoms with Crippen LogP contribution in [0.4, 0.5) is 0 Å². The van der Waals surface area contributed by atoms with Gasteiger partial charge in [0, 0.05) is 0 Å². The molecule has 3 aliphatic rings. The Morgan fingerprint density at radius 2 is 2.00 bits per heavy atom. The summed E-state index contributed by atoms with van der Waals surface area (Å²) in [6.07, 6.45) is 23.3. The number of allylic oxidation sites excluding steroid dienone is 4. The molecule has 18 heavy (non-hydrogen) atoms. The van der Waals surface area contributed by atoms with E-state index in [4.69, 9.17) is 0 Å². The van der Waals surface area contributed by atoms with Crippen LogP contribution in [-0.4, -0.2) is 0 Å². The number of unbranched alkanes of at least 4 members (excludes halogenated alkanes) is 2. The Morgan fingerprint density at radius 1 is 1.11 bits per heavy atom. The molecule has 2 saturated carbocycles. The summed E-state index contributed by atoms with van der Waals surface area (Å²) in [5.41, 5.74) is 0. The van der Waals surface area contributed by atoms with Crippen LogP contribution in [0.15, 0.2) is 24.3 Å². The van der Waals surface area contributed by atoms with E-state index in [-0.39, 0.29) is 0 Å². The molecule has 0 aromatic rings. The minimum atomic E-state index is 0.636. The highest BCUT2D eigenvalue weighted by Gasteiger charge is 2.46. The number of hydrogen-bond donors (Lipinski definition) is 0. The lowest BCUT2D eigenvalue weighted by Gasteiger charge is -2.35. The fourth-order valence-electron chi connectivity index (χ4n) is 4.42. The molecule has 0 aromatic carbocycles. The molecule has 0 N–H and O–H groups in total. The quantitative estimate of drug-likeness (QED) is 0.605. The molecule has 0 spiro atoms. The minimum absolute atomic E-state index is 0.636. The third kappa shape index (κ3) is 2.31. The molecule has 0 amide bonds. The average Bonchev–Trinajstić information content (AvgIpc) is 2.79. The largest absolute Gasteiger partial charge is 0.0805 e. The van der Waals surface area contributed by atoms with Gasteiger partial charge in [0.2, 0.25) is 0 Å². The van der Waals surface area contributed by atoms with Crippen LogP contribution >= 0.6 is 0 Å². The number of fused-ring (bicyclic) bond motifs is 3. The van der Waals surface area contributed by atoms with Crippen LogP contribution in [0, 0.1) is 36.0 Å². The molecule has 3 aliphatic carbocycles. The van der Waals surface area contributed by atoms with E-state index in [0.29, 0.717) is 5.92 Å². The van der Waals surface area contributed by atoms with Crippen molar-refractivity contribution in [3.05, 3.63) is 30.7 Å². The van der Waals surface area contributed by atoms with Gasteiger partial charge in [0.25, 0.3) is 0 Å². The zero-order valence-electron chi connectivity index (χ0n) is 11.6. The first-order valence-corrected chi connectivity index (χ1v) is 8.01. The average molecular weight is 242 g/mol. The SMILES string of the molecule is CCCCCC1CCCC2C1[C]C1C=CC=CC12. The van der Waals surface area contributed by atoms with E-state index < -0.39 is 0 Å². The van der Waals surface area contributed by atoms with Crippen LogP contribution in [0.3, 0.4) is 0 Å². The van der Waals surface area contributed by atoms with Gasteiger partial charge in [-0.3, -0.25) is 0 Å². The van der Waals surface area contributed by atoms with Crippen molar-refractivity contribution in [1.29, 1.82) is 0 Å². The highest BCUT2D eigenvalue weighted by Crippen LogP contribution is 2.53. The van der Waals surface area contributed by atoms with Crippen molar-refractivity contribution in [2.75, 3.05) is 0 Å². The summed E-state index contributed by atoms with van der Waals surface area (Å²) in [5, 5.41) is 0. The predicted octanol–water partition coefficient (Wildman–Crippen LogP) is 5.05. The van der Waals surface area contributed by atoms with Crippen LogP contribution in [0.1, 0.15) is 51.9 Å². The van der Waals surface area contributed by atoms with Crippen molar-refractivity contribution in [2.45, 2.75) is 51.9 Å². The molecule has 0 heterocycles. The fourth-order valence-corrected chi connectivity index (χ4v) is 4.42. The Balaban J connectivity index is 1.65. The Kier molecular flexibility index (Phi) is 3.91. The van der Waals surface area contributed by atoms with E-state index in [1.807, 2.05) is 0 Å². The first kappa shape index (κ1) is 12.5. The lowest BCUT2D eigenvalue weighted by atomic mass is 9.70. The number of rotatable bonds is 4. The molecule has 0 saturated heterocycles. The topological polar surface area (TPSA) is 0 Å². The molecule has 3 rings (SSSR count). The summed E-state index contributed by atoms with van der Waals surface area (Å²) in [6.45, 7) is 2.31. The van der Waals surface area contributed by atoms with Gasteiger partial charge < -0.3 is 0 Å². The molecule has 2 fully saturated rings. The van der Waals surface area contributed by atoms with E-state index >= 15 is 0 Å². The third-order valence-corrected chi connectivity index (χ3v) is 5.32. The highest BCUT2D eigenvalue weighted by molar-refractivity contribution is 5.23. The Bertz CT molecular complexity index is 325. The van der Waals surface area contributed by atoms with Gasteiger partial charge in [-0.2, -0.15) is 0 Å². The van der Waals surface area contributed by atoms with Gasteiger partial charge >= 0.3 is 0 Å². The van der Waals surface area contributed by atoms with Crippen molar-refractivity contribution in [1.82, 2.24) is 0 Å². The van der Waals surface area contributed by atoms with Gasteiger partial charge in [0.1, 0.15) is 0 Å². The molecular formula is C18H26. The van der Waals surface area contributed by atoms with Gasteiger partial charge in [-0.05, 0) is 42.4 Å². The van der Waals surface area contributed by atoms with Crippen molar-refractivity contribution in [3.8, 4) is 0 Å². The van der Waals surface area contributed by atoms with E-state index in [1.54, 1.807) is 0 Å². The second-order valence-electron chi connectivity index (χ2n) is 6.42. The second kappa shape index (κ2) is 5.63. The van der Waals surface area contributed by atoms with E-state index in [0.717, 1.165) is 23.7 Å². The molecule has 0 nitrogen and oxygen atoms in total. The number of hydrogen-bond acceptors (Lipinski definition) is 0. The highest BCUT2D eigenvalue weighted by atomic mass is 14.5. The zero-order chi connectivity index (χ0) is 12.4. The van der Waals surface area contributed by atoms with Crippen LogP contribution in [0.5, 0.6) is 0 Å². The summed E-state index contributed by atoms with van der Waals surface area (Å²) in [6, 6.07) is 0. The Labute approximate surface area is 113 Å². The summed E-state index contributed by atoms with van der Waals surface area (Å²) >= 11 is 0. The zero-order valence-corrected chi connectivity index (χ0v) is 11.6. The Hall–Kier alpha value is -0.520. The molecule has 2 radical (unpaired) electrons. The van der Waals surface area contributed by atoms with Gasteiger partial charge in [-0.25, -0.2) is 0 Å². The van der Waals surface area contributed by atoms with Gasteiger partial charge in [-0.1, -0.05) is 69.8 Å². The summed E-state index contributed by atoms with van der Waals surface area (Å²) in [7, 11) is 0. The predicted molar refractivity (Wildman–Crippen MR) is 77.0 cm³/mol. The molecule has 0 aliphatic heterocycles. The van der Waals surface area contributed by atoms with Crippen LogP contribution < -0.4 is 0 Å². The molecule has 98 valence electrons.